The van der Waals surface area contributed by atoms with E-state index in [2.05, 4.69) is 10.2 Å². The van der Waals surface area contributed by atoms with Crippen LogP contribution in [0.3, 0.4) is 0 Å². The van der Waals surface area contributed by atoms with E-state index < -0.39 is 0 Å². The zero-order chi connectivity index (χ0) is 10.8. The van der Waals surface area contributed by atoms with Gasteiger partial charge in [-0.3, -0.25) is 4.79 Å². The molecule has 0 fully saturated rings. The van der Waals surface area contributed by atoms with Crippen molar-refractivity contribution in [3.05, 3.63) is 0 Å². The molecular weight excluding hydrogens is 200 g/mol. The number of hydrogen-bond acceptors (Lipinski definition) is 4. The van der Waals surface area contributed by atoms with Gasteiger partial charge >= 0.3 is 5.97 Å². The van der Waals surface area contributed by atoms with E-state index in [9.17, 15) is 4.79 Å². The second-order valence-corrected chi connectivity index (χ2v) is 3.34. The number of carbonyl (C=O) groups excluding carboxylic acids is 1. The van der Waals surface area contributed by atoms with Crippen LogP contribution in [0.25, 0.3) is 0 Å². The zero-order valence-electron chi connectivity index (χ0n) is 8.75. The first-order valence-corrected chi connectivity index (χ1v) is 5.30. The van der Waals surface area contributed by atoms with Gasteiger partial charge in [0.05, 0.1) is 6.61 Å². The number of ether oxygens (including phenoxy) is 3. The van der Waals surface area contributed by atoms with Crippen LogP contribution in [0.15, 0.2) is 0 Å². The summed E-state index contributed by atoms with van der Waals surface area (Å²) >= 11 is 0. The highest BCUT2D eigenvalue weighted by atomic mass is 28.1. The molecule has 5 heteroatoms. The Balaban J connectivity index is 3.42. The molecule has 14 heavy (non-hydrogen) atoms. The van der Waals surface area contributed by atoms with E-state index in [0.29, 0.717) is 13.2 Å². The molecule has 0 aromatic rings. The number of rotatable bonds is 8. The van der Waals surface area contributed by atoms with Crippen molar-refractivity contribution in [2.24, 2.45) is 0 Å². The van der Waals surface area contributed by atoms with Gasteiger partial charge in [0, 0.05) is 30.9 Å². The van der Waals surface area contributed by atoms with Crippen molar-refractivity contribution in [2.45, 2.75) is 25.5 Å². The summed E-state index contributed by atoms with van der Waals surface area (Å²) in [6.07, 6.45) is 0.787. The van der Waals surface area contributed by atoms with Gasteiger partial charge in [-0.25, -0.2) is 0 Å². The molecule has 0 amide bonds. The average molecular weight is 217 g/mol. The Morgan fingerprint density at radius 3 is 2.64 bits per heavy atom. The van der Waals surface area contributed by atoms with Crippen LogP contribution in [0, 0.1) is 0 Å². The lowest BCUT2D eigenvalue weighted by Crippen LogP contribution is -2.25. The molecule has 0 aliphatic carbocycles. The minimum atomic E-state index is -0.299. The van der Waals surface area contributed by atoms with Crippen molar-refractivity contribution in [1.82, 2.24) is 0 Å². The molecule has 1 unspecified atom stereocenters. The molecule has 81 valence electrons. The van der Waals surface area contributed by atoms with E-state index >= 15 is 0 Å². The van der Waals surface area contributed by atoms with Gasteiger partial charge in [-0.1, -0.05) is 6.04 Å². The molecule has 0 saturated heterocycles. The SMILES string of the molecule is COC(COCCC[Si])COC(C)=O. The van der Waals surface area contributed by atoms with Crippen LogP contribution in [0.4, 0.5) is 0 Å². The molecule has 0 aromatic carbocycles. The van der Waals surface area contributed by atoms with Gasteiger partial charge < -0.3 is 14.2 Å². The number of carbonyl (C=O) groups is 1. The lowest BCUT2D eigenvalue weighted by atomic mass is 10.4. The van der Waals surface area contributed by atoms with E-state index in [1.165, 1.54) is 6.92 Å². The monoisotopic (exact) mass is 217 g/mol. The molecule has 0 bridgehead atoms. The minimum absolute atomic E-state index is 0.173. The van der Waals surface area contributed by atoms with Crippen molar-refractivity contribution >= 4 is 16.2 Å². The van der Waals surface area contributed by atoms with Gasteiger partial charge in [0.25, 0.3) is 0 Å². The van der Waals surface area contributed by atoms with Crippen molar-refractivity contribution in [1.29, 1.82) is 0 Å². The summed E-state index contributed by atoms with van der Waals surface area (Å²) < 4.78 is 15.2. The fourth-order valence-electron chi connectivity index (χ4n) is 0.784. The van der Waals surface area contributed by atoms with Crippen molar-refractivity contribution in [2.75, 3.05) is 26.9 Å². The van der Waals surface area contributed by atoms with Crippen LogP contribution < -0.4 is 0 Å². The molecule has 0 heterocycles. The van der Waals surface area contributed by atoms with Gasteiger partial charge in [0.15, 0.2) is 0 Å². The zero-order valence-corrected chi connectivity index (χ0v) is 9.75. The lowest BCUT2D eigenvalue weighted by molar-refractivity contribution is -0.146. The summed E-state index contributed by atoms with van der Waals surface area (Å²) in [5.41, 5.74) is 0. The quantitative estimate of drug-likeness (QED) is 0.338. The van der Waals surface area contributed by atoms with E-state index in [4.69, 9.17) is 14.2 Å². The predicted molar refractivity (Wildman–Crippen MR) is 53.4 cm³/mol. The second kappa shape index (κ2) is 9.17. The average Bonchev–Trinajstić information content (AvgIpc) is 2.16. The van der Waals surface area contributed by atoms with E-state index in [-0.39, 0.29) is 18.7 Å². The fraction of sp³-hybridized carbons (Fsp3) is 0.889. The van der Waals surface area contributed by atoms with E-state index in [1.54, 1.807) is 7.11 Å². The molecule has 0 N–H and O–H groups in total. The maximum absolute atomic E-state index is 10.5. The largest absolute Gasteiger partial charge is 0.463 e. The van der Waals surface area contributed by atoms with Crippen molar-refractivity contribution in [3.8, 4) is 0 Å². The Labute approximate surface area is 88.3 Å². The lowest BCUT2D eigenvalue weighted by Gasteiger charge is -2.14. The van der Waals surface area contributed by atoms with Gasteiger partial charge in [-0.2, -0.15) is 0 Å². The first kappa shape index (κ1) is 13.6. The van der Waals surface area contributed by atoms with Crippen LogP contribution in [0.5, 0.6) is 0 Å². The highest BCUT2D eigenvalue weighted by Crippen LogP contribution is 1.95. The minimum Gasteiger partial charge on any atom is -0.463 e. The molecule has 0 saturated carbocycles. The molecular formula is C9H17O4Si. The molecule has 0 aliphatic heterocycles. The van der Waals surface area contributed by atoms with Gasteiger partial charge in [0.1, 0.15) is 12.7 Å². The maximum Gasteiger partial charge on any atom is 0.302 e. The summed E-state index contributed by atoms with van der Waals surface area (Å²) in [5.74, 6) is -0.299. The topological polar surface area (TPSA) is 44.8 Å². The Hall–Kier alpha value is -0.393. The summed E-state index contributed by atoms with van der Waals surface area (Å²) in [5, 5.41) is 0. The first-order chi connectivity index (χ1) is 6.70. The molecule has 1 atom stereocenters. The summed E-state index contributed by atoms with van der Waals surface area (Å²) in [6.45, 7) is 2.76. The van der Waals surface area contributed by atoms with Gasteiger partial charge in [-0.05, 0) is 6.42 Å². The smallest absolute Gasteiger partial charge is 0.302 e. The molecule has 0 spiro atoms. The third-order valence-electron chi connectivity index (χ3n) is 1.58. The standard InChI is InChI=1S/C9H17O4Si/c1-8(10)13-7-9(11-2)6-12-4-3-5-14/h9H,3-7H2,1-2H3. The van der Waals surface area contributed by atoms with Gasteiger partial charge in [0.2, 0.25) is 0 Å². The van der Waals surface area contributed by atoms with Crippen molar-refractivity contribution < 1.29 is 19.0 Å². The van der Waals surface area contributed by atoms with Crippen LogP contribution in [0.2, 0.25) is 6.04 Å². The fourth-order valence-corrected chi connectivity index (χ4v) is 0.928. The first-order valence-electron chi connectivity index (χ1n) is 4.59. The van der Waals surface area contributed by atoms with Crippen LogP contribution in [0.1, 0.15) is 13.3 Å². The number of esters is 1. The second-order valence-electron chi connectivity index (χ2n) is 2.84. The predicted octanol–water partition coefficient (Wildman–Crippen LogP) is 0.558. The third-order valence-corrected chi connectivity index (χ3v) is 1.93. The van der Waals surface area contributed by atoms with E-state index in [1.807, 2.05) is 0 Å². The molecule has 0 rings (SSSR count). The number of methoxy groups -OCH3 is 1. The summed E-state index contributed by atoms with van der Waals surface area (Å²) in [7, 11) is 4.92. The Kier molecular flexibility index (Phi) is 8.92. The highest BCUT2D eigenvalue weighted by Gasteiger charge is 2.08. The molecule has 0 aliphatic rings. The van der Waals surface area contributed by atoms with Gasteiger partial charge in [-0.15, -0.1) is 0 Å². The normalized spacial score (nSPS) is 12.5. The molecule has 4 nitrogen and oxygen atoms in total. The van der Waals surface area contributed by atoms with Crippen LogP contribution in [-0.2, 0) is 19.0 Å². The summed E-state index contributed by atoms with van der Waals surface area (Å²) in [6, 6.07) is 0.918. The Morgan fingerprint density at radius 2 is 2.14 bits per heavy atom. The highest BCUT2D eigenvalue weighted by molar-refractivity contribution is 6.08. The van der Waals surface area contributed by atoms with Crippen molar-refractivity contribution in [3.63, 3.8) is 0 Å². The summed E-state index contributed by atoms with van der Waals surface area (Å²) in [4.78, 5) is 10.5. The number of hydrogen-bond donors (Lipinski definition) is 0. The maximum atomic E-state index is 10.5. The third kappa shape index (κ3) is 8.22. The van der Waals surface area contributed by atoms with Crippen LogP contribution in [-0.4, -0.2) is 49.2 Å². The molecule has 3 radical (unpaired) electrons. The Bertz CT molecular complexity index is 152. The van der Waals surface area contributed by atoms with Crippen LogP contribution >= 0.6 is 0 Å². The van der Waals surface area contributed by atoms with E-state index in [0.717, 1.165) is 12.5 Å². The Morgan fingerprint density at radius 1 is 1.43 bits per heavy atom. The molecule has 0 aromatic heterocycles.